The van der Waals surface area contributed by atoms with E-state index in [-0.39, 0.29) is 17.8 Å². The number of ether oxygens (including phenoxy) is 1. The van der Waals surface area contributed by atoms with E-state index in [2.05, 4.69) is 34.0 Å². The third-order valence-electron chi connectivity index (χ3n) is 4.51. The van der Waals surface area contributed by atoms with Crippen LogP contribution in [0.4, 0.5) is 5.13 Å². The van der Waals surface area contributed by atoms with Gasteiger partial charge in [-0.2, -0.15) is 0 Å². The van der Waals surface area contributed by atoms with Gasteiger partial charge in [0.15, 0.2) is 5.13 Å². The van der Waals surface area contributed by atoms with Gasteiger partial charge in [0.05, 0.1) is 17.9 Å². The Bertz CT molecular complexity index is 1050. The molecule has 1 saturated heterocycles. The molecule has 1 amide bonds. The normalized spacial score (nSPS) is 20.4. The van der Waals surface area contributed by atoms with Gasteiger partial charge >= 0.3 is 0 Å². The lowest BCUT2D eigenvalue weighted by atomic mass is 10.2. The molecule has 28 heavy (non-hydrogen) atoms. The lowest BCUT2D eigenvalue weighted by Gasteiger charge is -2.34. The molecule has 4 rings (SSSR count). The lowest BCUT2D eigenvalue weighted by Crippen LogP contribution is -2.44. The van der Waals surface area contributed by atoms with Crippen LogP contribution in [0, 0.1) is 0 Å². The van der Waals surface area contributed by atoms with Crippen molar-refractivity contribution in [1.82, 2.24) is 19.3 Å². The molecule has 0 radical (unpaired) electrons. The number of rotatable bonds is 4. The number of hydrogen-bond donors (Lipinski definition) is 1. The van der Waals surface area contributed by atoms with E-state index in [0.29, 0.717) is 17.3 Å². The van der Waals surface area contributed by atoms with Crippen LogP contribution in [-0.4, -0.2) is 50.5 Å². The number of nitrogens with one attached hydrogen (secondary N) is 1. The standard InChI is InChI=1S/C19H21N5O3S/c1-12-8-23(9-13(2)27-12)10-14-11-28-19(21-14)22-17(25)15-7-20-16-5-3-4-6-24(16)18(15)26/h3-7,11-13H,8-10H2,1-2H3,(H,21,22,25)/t12-,13-/m1/s1. The molecule has 0 saturated carbocycles. The van der Waals surface area contributed by atoms with Gasteiger partial charge in [-0.25, -0.2) is 9.97 Å². The smallest absolute Gasteiger partial charge is 0.270 e. The van der Waals surface area contributed by atoms with Crippen LogP contribution in [-0.2, 0) is 11.3 Å². The first-order chi connectivity index (χ1) is 13.5. The van der Waals surface area contributed by atoms with Crippen LogP contribution >= 0.6 is 11.3 Å². The largest absolute Gasteiger partial charge is 0.373 e. The summed E-state index contributed by atoms with van der Waals surface area (Å²) < 4.78 is 7.10. The van der Waals surface area contributed by atoms with Gasteiger partial charge in [-0.3, -0.25) is 24.2 Å². The van der Waals surface area contributed by atoms with Crippen molar-refractivity contribution < 1.29 is 9.53 Å². The van der Waals surface area contributed by atoms with E-state index >= 15 is 0 Å². The average Bonchev–Trinajstić information content (AvgIpc) is 3.08. The first-order valence-corrected chi connectivity index (χ1v) is 9.97. The Morgan fingerprint density at radius 3 is 2.89 bits per heavy atom. The molecule has 0 spiro atoms. The second kappa shape index (κ2) is 7.78. The van der Waals surface area contributed by atoms with E-state index < -0.39 is 11.5 Å². The number of aromatic nitrogens is 3. The van der Waals surface area contributed by atoms with Crippen molar-refractivity contribution in [1.29, 1.82) is 0 Å². The number of pyridine rings is 1. The van der Waals surface area contributed by atoms with Crippen molar-refractivity contribution in [3.63, 3.8) is 0 Å². The van der Waals surface area contributed by atoms with E-state index in [4.69, 9.17) is 4.74 Å². The van der Waals surface area contributed by atoms with Gasteiger partial charge in [0.25, 0.3) is 11.5 Å². The minimum absolute atomic E-state index is 0.0173. The second-order valence-corrected chi connectivity index (χ2v) is 7.81. The molecule has 1 aliphatic heterocycles. The highest BCUT2D eigenvalue weighted by molar-refractivity contribution is 7.13. The number of nitrogens with zero attached hydrogens (tertiary/aromatic N) is 4. The summed E-state index contributed by atoms with van der Waals surface area (Å²) in [5.41, 5.74) is 0.956. The number of anilines is 1. The monoisotopic (exact) mass is 399 g/mol. The lowest BCUT2D eigenvalue weighted by molar-refractivity contribution is -0.0707. The van der Waals surface area contributed by atoms with E-state index in [9.17, 15) is 9.59 Å². The summed E-state index contributed by atoms with van der Waals surface area (Å²) >= 11 is 1.34. The van der Waals surface area contributed by atoms with E-state index in [0.717, 1.165) is 18.8 Å². The van der Waals surface area contributed by atoms with Crippen LogP contribution < -0.4 is 10.9 Å². The summed E-state index contributed by atoms with van der Waals surface area (Å²) in [6.45, 7) is 6.52. The van der Waals surface area contributed by atoms with Gasteiger partial charge in [0.1, 0.15) is 11.2 Å². The Morgan fingerprint density at radius 2 is 2.11 bits per heavy atom. The molecule has 3 aromatic heterocycles. The summed E-state index contributed by atoms with van der Waals surface area (Å²) in [5.74, 6) is -0.509. The van der Waals surface area contributed by atoms with Gasteiger partial charge in [-0.15, -0.1) is 11.3 Å². The molecule has 0 aromatic carbocycles. The summed E-state index contributed by atoms with van der Waals surface area (Å²) in [4.78, 5) is 36.0. The third-order valence-corrected chi connectivity index (χ3v) is 5.32. The molecule has 4 heterocycles. The van der Waals surface area contributed by atoms with Gasteiger partial charge in [0.2, 0.25) is 0 Å². The first-order valence-electron chi connectivity index (χ1n) is 9.09. The summed E-state index contributed by atoms with van der Waals surface area (Å²) in [7, 11) is 0. The molecule has 9 heteroatoms. The first kappa shape index (κ1) is 18.7. The summed E-state index contributed by atoms with van der Waals surface area (Å²) in [6, 6.07) is 5.22. The highest BCUT2D eigenvalue weighted by Crippen LogP contribution is 2.19. The molecule has 8 nitrogen and oxygen atoms in total. The fourth-order valence-electron chi connectivity index (χ4n) is 3.43. The Kier molecular flexibility index (Phi) is 5.21. The summed E-state index contributed by atoms with van der Waals surface area (Å²) in [5, 5.41) is 5.10. The quantitative estimate of drug-likeness (QED) is 0.722. The molecule has 3 aromatic rings. The van der Waals surface area contributed by atoms with Gasteiger partial charge in [-0.1, -0.05) is 6.07 Å². The Labute approximate surface area is 165 Å². The number of hydrogen-bond acceptors (Lipinski definition) is 7. The topological polar surface area (TPSA) is 88.8 Å². The van der Waals surface area contributed by atoms with E-state index in [1.165, 1.54) is 21.9 Å². The van der Waals surface area contributed by atoms with Crippen LogP contribution in [0.15, 0.2) is 40.8 Å². The van der Waals surface area contributed by atoms with Crippen LogP contribution in [0.25, 0.3) is 5.65 Å². The molecule has 146 valence electrons. The van der Waals surface area contributed by atoms with Gasteiger partial charge in [-0.05, 0) is 26.0 Å². The number of fused-ring (bicyclic) bond motifs is 1. The zero-order valence-electron chi connectivity index (χ0n) is 15.7. The Hall–Kier alpha value is -2.62. The maximum Gasteiger partial charge on any atom is 0.270 e. The molecular weight excluding hydrogens is 378 g/mol. The fourth-order valence-corrected chi connectivity index (χ4v) is 4.12. The second-order valence-electron chi connectivity index (χ2n) is 6.96. The maximum atomic E-state index is 12.5. The average molecular weight is 399 g/mol. The van der Waals surface area contributed by atoms with Gasteiger partial charge in [0, 0.05) is 37.4 Å². The molecule has 0 bridgehead atoms. The van der Waals surface area contributed by atoms with Crippen LogP contribution in [0.5, 0.6) is 0 Å². The molecule has 2 atom stereocenters. The highest BCUT2D eigenvalue weighted by Gasteiger charge is 2.23. The predicted molar refractivity (Wildman–Crippen MR) is 107 cm³/mol. The fraction of sp³-hybridized carbons (Fsp3) is 0.368. The van der Waals surface area contributed by atoms with Crippen molar-refractivity contribution in [2.24, 2.45) is 0 Å². The van der Waals surface area contributed by atoms with Crippen molar-refractivity contribution in [2.45, 2.75) is 32.6 Å². The van der Waals surface area contributed by atoms with Crippen LogP contribution in [0.1, 0.15) is 29.9 Å². The Balaban J connectivity index is 1.46. The number of carbonyl (C=O) groups excluding carboxylic acids is 1. The summed E-state index contributed by atoms with van der Waals surface area (Å²) in [6.07, 6.45) is 3.27. The van der Waals surface area contributed by atoms with Crippen molar-refractivity contribution in [2.75, 3.05) is 18.4 Å². The zero-order chi connectivity index (χ0) is 19.7. The number of amides is 1. The molecule has 1 N–H and O–H groups in total. The van der Waals surface area contributed by atoms with Crippen molar-refractivity contribution in [3.05, 3.63) is 57.6 Å². The van der Waals surface area contributed by atoms with Crippen LogP contribution in [0.2, 0.25) is 0 Å². The Morgan fingerprint density at radius 1 is 1.32 bits per heavy atom. The maximum absolute atomic E-state index is 12.5. The van der Waals surface area contributed by atoms with Crippen molar-refractivity contribution in [3.8, 4) is 0 Å². The molecular formula is C19H21N5O3S. The van der Waals surface area contributed by atoms with Crippen molar-refractivity contribution >= 4 is 28.0 Å². The molecule has 0 aliphatic carbocycles. The number of morpholine rings is 1. The minimum atomic E-state index is -0.509. The molecule has 1 fully saturated rings. The third kappa shape index (κ3) is 3.96. The van der Waals surface area contributed by atoms with E-state index in [1.807, 2.05) is 5.38 Å². The molecule has 1 aliphatic rings. The molecule has 0 unspecified atom stereocenters. The van der Waals surface area contributed by atoms with Crippen LogP contribution in [0.3, 0.4) is 0 Å². The SMILES string of the molecule is C[C@@H]1CN(Cc2csc(NC(=O)c3cnc4ccccn4c3=O)n2)C[C@@H](C)O1. The highest BCUT2D eigenvalue weighted by atomic mass is 32.1. The van der Waals surface area contributed by atoms with Gasteiger partial charge < -0.3 is 4.74 Å². The zero-order valence-corrected chi connectivity index (χ0v) is 16.5. The number of thiazole rings is 1. The minimum Gasteiger partial charge on any atom is -0.373 e. The van der Waals surface area contributed by atoms with E-state index in [1.54, 1.807) is 24.4 Å². The predicted octanol–water partition coefficient (Wildman–Crippen LogP) is 2.01. The number of carbonyl (C=O) groups is 1.